The van der Waals surface area contributed by atoms with Crippen molar-refractivity contribution in [2.45, 2.75) is 186 Å². The third kappa shape index (κ3) is 51.6. The molecule has 0 aromatic rings. The molecule has 0 amide bonds. The number of phosphoric ester groups is 2. The highest BCUT2D eigenvalue weighted by atomic mass is 31.2. The van der Waals surface area contributed by atoms with Crippen molar-refractivity contribution in [1.29, 1.82) is 0 Å². The first-order valence-corrected chi connectivity index (χ1v) is 29.2. The van der Waals surface area contributed by atoms with Crippen LogP contribution in [0.2, 0.25) is 0 Å². The smallest absolute Gasteiger partial charge is 0.463 e. The van der Waals surface area contributed by atoms with Crippen molar-refractivity contribution in [2.24, 2.45) is 0 Å². The second-order valence-electron chi connectivity index (χ2n) is 17.2. The fourth-order valence-electron chi connectivity index (χ4n) is 6.16. The van der Waals surface area contributed by atoms with E-state index in [1.165, 1.54) is 25.7 Å². The van der Waals surface area contributed by atoms with Gasteiger partial charge in [0.05, 0.1) is 26.4 Å². The maximum atomic E-state index is 12.2. The highest BCUT2D eigenvalue weighted by molar-refractivity contribution is 7.47. The molecule has 0 spiro atoms. The number of carbonyl (C=O) groups excluding carboxylic acids is 2. The summed E-state index contributed by atoms with van der Waals surface area (Å²) >= 11 is 0. The average molecular weight is 1060 g/mol. The molecule has 5 unspecified atom stereocenters. The summed E-state index contributed by atoms with van der Waals surface area (Å²) in [4.78, 5) is 43.9. The molecule has 0 fully saturated rings. The van der Waals surface area contributed by atoms with Crippen molar-refractivity contribution in [3.63, 3.8) is 0 Å². The Labute approximate surface area is 432 Å². The third-order valence-corrected chi connectivity index (χ3v) is 12.1. The minimum atomic E-state index is -4.81. The van der Waals surface area contributed by atoms with Crippen LogP contribution in [-0.2, 0) is 46.3 Å². The molecule has 15 nitrogen and oxygen atoms in total. The highest BCUT2D eigenvalue weighted by Gasteiger charge is 2.28. The quantitative estimate of drug-likeness (QED) is 0.0165. The zero-order valence-electron chi connectivity index (χ0n) is 43.6. The van der Waals surface area contributed by atoms with E-state index in [-0.39, 0.29) is 12.8 Å². The van der Waals surface area contributed by atoms with Gasteiger partial charge in [0.1, 0.15) is 31.5 Å². The van der Waals surface area contributed by atoms with Gasteiger partial charge in [-0.25, -0.2) is 9.13 Å². The maximum Gasteiger partial charge on any atom is 0.472 e. The van der Waals surface area contributed by atoms with Gasteiger partial charge in [-0.3, -0.25) is 27.7 Å². The van der Waals surface area contributed by atoms with Crippen LogP contribution in [0, 0.1) is 0 Å². The molecule has 0 bridgehead atoms. The Morgan fingerprint density at radius 3 is 0.972 bits per heavy atom. The number of aliphatic hydroxyl groups excluding tert-OH is 3. The molecule has 0 aliphatic rings. The topological polar surface area (TPSA) is 225 Å². The van der Waals surface area contributed by atoms with Crippen LogP contribution in [0.15, 0.2) is 109 Å². The van der Waals surface area contributed by atoms with Gasteiger partial charge >= 0.3 is 27.6 Å². The van der Waals surface area contributed by atoms with Crippen molar-refractivity contribution >= 4 is 27.6 Å². The van der Waals surface area contributed by atoms with Gasteiger partial charge < -0.3 is 34.6 Å². The lowest BCUT2D eigenvalue weighted by Crippen LogP contribution is -2.25. The number of hydrogen-bond acceptors (Lipinski definition) is 13. The van der Waals surface area contributed by atoms with E-state index in [1.54, 1.807) is 0 Å². The molecule has 0 aliphatic carbocycles. The van der Waals surface area contributed by atoms with Crippen molar-refractivity contribution in [1.82, 2.24) is 0 Å². The lowest BCUT2D eigenvalue weighted by atomic mass is 10.1. The lowest BCUT2D eigenvalue weighted by molar-refractivity contribution is -0.148. The summed E-state index contributed by atoms with van der Waals surface area (Å²) in [5.74, 6) is -1.05. The van der Waals surface area contributed by atoms with Crippen LogP contribution in [0.5, 0.6) is 0 Å². The van der Waals surface area contributed by atoms with Gasteiger partial charge in [-0.2, -0.15) is 0 Å². The van der Waals surface area contributed by atoms with E-state index in [1.807, 2.05) is 0 Å². The summed E-state index contributed by atoms with van der Waals surface area (Å²) in [6.07, 6.45) is 56.4. The van der Waals surface area contributed by atoms with Crippen LogP contribution >= 0.6 is 15.6 Å². The molecule has 0 aliphatic heterocycles. The number of allylic oxidation sites excluding steroid dienone is 18. The Morgan fingerprint density at radius 2 is 0.639 bits per heavy atom. The number of carbonyl (C=O) groups is 2. The van der Waals surface area contributed by atoms with Crippen LogP contribution < -0.4 is 0 Å². The first kappa shape index (κ1) is 68.7. The van der Waals surface area contributed by atoms with E-state index in [0.29, 0.717) is 12.8 Å². The normalized spacial score (nSPS) is 15.7. The minimum absolute atomic E-state index is 0.151. The van der Waals surface area contributed by atoms with Crippen LogP contribution in [0.1, 0.15) is 168 Å². The van der Waals surface area contributed by atoms with Crippen LogP contribution in [0.25, 0.3) is 0 Å². The van der Waals surface area contributed by atoms with Gasteiger partial charge in [0.25, 0.3) is 0 Å². The summed E-state index contributed by atoms with van der Waals surface area (Å²) < 4.78 is 53.1. The third-order valence-electron chi connectivity index (χ3n) is 10.2. The van der Waals surface area contributed by atoms with Gasteiger partial charge in [0.15, 0.2) is 0 Å². The Morgan fingerprint density at radius 1 is 0.375 bits per heavy atom. The summed E-state index contributed by atoms with van der Waals surface area (Å²) in [7, 11) is -9.61. The SMILES string of the molecule is CC/C=C\C/C=C\C/C=C\C/C=C\C/C=C\CCCCCC(=O)OCC(O)COP(=O)(O)OCC(O)COP(=O)(O)OCC(O)COC(=O)CCCCCCC/C=C\C/C=C\C/C=C\C/C=C\CCCCC. The highest BCUT2D eigenvalue weighted by Crippen LogP contribution is 2.45. The van der Waals surface area contributed by atoms with E-state index in [2.05, 4.69) is 141 Å². The van der Waals surface area contributed by atoms with Crippen LogP contribution in [0.4, 0.5) is 0 Å². The van der Waals surface area contributed by atoms with E-state index in [4.69, 9.17) is 9.47 Å². The van der Waals surface area contributed by atoms with Gasteiger partial charge in [-0.1, -0.05) is 162 Å². The summed E-state index contributed by atoms with van der Waals surface area (Å²) in [5, 5.41) is 30.1. The Hall–Kier alpha value is -3.30. The molecule has 5 N–H and O–H groups in total. The van der Waals surface area contributed by atoms with E-state index in [0.717, 1.165) is 103 Å². The van der Waals surface area contributed by atoms with Crippen LogP contribution in [0.3, 0.4) is 0 Å². The Balaban J connectivity index is 3.94. The second kappa shape index (κ2) is 49.9. The Kier molecular flexibility index (Phi) is 47.6. The molecule has 0 heterocycles. The molecule has 0 saturated heterocycles. The van der Waals surface area contributed by atoms with Crippen molar-refractivity contribution in [3.8, 4) is 0 Å². The molecular formula is C55H92O15P2. The second-order valence-corrected chi connectivity index (χ2v) is 20.1. The molecule has 0 radical (unpaired) electrons. The Bertz CT molecular complexity index is 1700. The summed E-state index contributed by atoms with van der Waals surface area (Å²) in [6.45, 7) is 0.198. The van der Waals surface area contributed by atoms with Crippen molar-refractivity contribution < 1.29 is 71.4 Å². The number of aliphatic hydroxyl groups is 3. The first-order chi connectivity index (χ1) is 34.8. The zero-order valence-corrected chi connectivity index (χ0v) is 45.3. The number of unbranched alkanes of at least 4 members (excludes halogenated alkanes) is 11. The molecule has 0 rings (SSSR count). The van der Waals surface area contributed by atoms with Crippen molar-refractivity contribution in [2.75, 3.05) is 39.6 Å². The number of phosphoric acid groups is 2. The zero-order chi connectivity index (χ0) is 53.1. The number of hydrogen-bond donors (Lipinski definition) is 5. The lowest BCUT2D eigenvalue weighted by Gasteiger charge is -2.19. The number of esters is 2. The monoisotopic (exact) mass is 1050 g/mol. The predicted octanol–water partition coefficient (Wildman–Crippen LogP) is 12.8. The van der Waals surface area contributed by atoms with E-state index >= 15 is 0 Å². The molecule has 5 atom stereocenters. The fourth-order valence-corrected chi connectivity index (χ4v) is 7.75. The molecule has 17 heteroatoms. The van der Waals surface area contributed by atoms with Gasteiger partial charge in [0, 0.05) is 12.8 Å². The summed E-state index contributed by atoms with van der Waals surface area (Å²) in [5.41, 5.74) is 0. The molecule has 0 aromatic carbocycles. The molecule has 0 saturated carbocycles. The van der Waals surface area contributed by atoms with E-state index < -0.39 is 85.5 Å². The molecule has 412 valence electrons. The van der Waals surface area contributed by atoms with Gasteiger partial charge in [-0.15, -0.1) is 0 Å². The summed E-state index contributed by atoms with van der Waals surface area (Å²) in [6, 6.07) is 0. The van der Waals surface area contributed by atoms with Gasteiger partial charge in [-0.05, 0) is 103 Å². The minimum Gasteiger partial charge on any atom is -0.463 e. The van der Waals surface area contributed by atoms with Crippen LogP contribution in [-0.4, -0.2) is 95.0 Å². The van der Waals surface area contributed by atoms with E-state index in [9.17, 15) is 43.8 Å². The number of rotatable bonds is 49. The fraction of sp³-hybridized carbons (Fsp3) is 0.636. The van der Waals surface area contributed by atoms with Gasteiger partial charge in [0.2, 0.25) is 0 Å². The first-order valence-electron chi connectivity index (χ1n) is 26.2. The number of ether oxygens (including phenoxy) is 2. The maximum absolute atomic E-state index is 12.2. The largest absolute Gasteiger partial charge is 0.472 e. The predicted molar refractivity (Wildman–Crippen MR) is 288 cm³/mol. The standard InChI is InChI=1S/C55H92O15P2/c1-3-5-7-9-11-13-15-17-19-21-23-24-26-28-30-32-34-36-38-40-42-44-55(60)66-46-52(57)48-68-72(63,64)70-50-53(58)49-69-71(61,62)67-47-51(56)45-65-54(59)43-41-39-37-35-33-31-29-27-25-22-20-18-16-14-12-10-8-6-4-2/h6,8,11-14,17-20,23-25,27-28,30-31,33,51-53,56-58H,3-5,7,9-10,15-16,21-22,26,29,32,34-50H2,1-2H3,(H,61,62)(H,63,64)/b8-6-,13-11-,14-12-,19-17-,20-18-,24-23-,27-25-,30-28-,33-31-. The molecule has 72 heavy (non-hydrogen) atoms. The molecular weight excluding hydrogens is 963 g/mol. The van der Waals surface area contributed by atoms with Crippen molar-refractivity contribution in [3.05, 3.63) is 109 Å². The average Bonchev–Trinajstić information content (AvgIpc) is 3.36. The molecule has 0 aromatic heterocycles.